The number of hydrogen-bond acceptors (Lipinski definition) is 2. The van der Waals surface area contributed by atoms with E-state index in [2.05, 4.69) is 59.2 Å². The van der Waals surface area contributed by atoms with E-state index in [1.165, 1.54) is 12.8 Å². The molecule has 92 valence electrons. The quantitative estimate of drug-likeness (QED) is 0.682. The summed E-state index contributed by atoms with van der Waals surface area (Å²) in [6.45, 7) is 12.7. The molecule has 0 N–H and O–H groups in total. The fraction of sp³-hybridized carbons (Fsp3) is 1.00. The number of thiol groups is 1. The maximum atomic E-state index is 4.48. The molecule has 0 aromatic carbocycles. The first kappa shape index (κ1) is 15.3. The fourth-order valence-corrected chi connectivity index (χ4v) is 2.43. The predicted molar refractivity (Wildman–Crippen MR) is 73.8 cm³/mol. The van der Waals surface area contributed by atoms with Crippen LogP contribution in [0.5, 0.6) is 0 Å². The van der Waals surface area contributed by atoms with Gasteiger partial charge in [0.05, 0.1) is 0 Å². The van der Waals surface area contributed by atoms with E-state index < -0.39 is 0 Å². The molecule has 1 nitrogen and oxygen atoms in total. The minimum atomic E-state index is 0.363. The average Bonchev–Trinajstić information content (AvgIpc) is 2.12. The van der Waals surface area contributed by atoms with Gasteiger partial charge in [-0.05, 0) is 37.5 Å². The van der Waals surface area contributed by atoms with E-state index in [1.807, 2.05) is 0 Å². The summed E-state index contributed by atoms with van der Waals surface area (Å²) in [6, 6.07) is 0.694. The first-order valence-electron chi connectivity index (χ1n) is 6.14. The summed E-state index contributed by atoms with van der Waals surface area (Å²) in [6.07, 6.45) is 2.56. The second-order valence-electron chi connectivity index (χ2n) is 5.82. The summed E-state index contributed by atoms with van der Waals surface area (Å²) in [7, 11) is 2.24. The largest absolute Gasteiger partial charge is 0.303 e. The van der Waals surface area contributed by atoms with Gasteiger partial charge in [0.1, 0.15) is 0 Å². The van der Waals surface area contributed by atoms with Crippen LogP contribution in [0, 0.1) is 11.3 Å². The van der Waals surface area contributed by atoms with Crippen LogP contribution in [0.4, 0.5) is 0 Å². The van der Waals surface area contributed by atoms with Gasteiger partial charge in [0.2, 0.25) is 0 Å². The molecule has 0 aromatic heterocycles. The molecule has 2 unspecified atom stereocenters. The standard InChI is InChI=1S/C13H29NS/c1-7-8-11(2)14(6)9-12(10-15)13(3,4)5/h11-12,15H,7-10H2,1-6H3. The first-order valence-corrected chi connectivity index (χ1v) is 6.77. The van der Waals surface area contributed by atoms with Gasteiger partial charge in [-0.3, -0.25) is 0 Å². The first-order chi connectivity index (χ1) is 6.82. The normalized spacial score (nSPS) is 16.8. The van der Waals surface area contributed by atoms with E-state index >= 15 is 0 Å². The summed E-state index contributed by atoms with van der Waals surface area (Å²) in [5.41, 5.74) is 0.363. The molecule has 0 amide bonds. The minimum absolute atomic E-state index is 0.363. The number of nitrogens with zero attached hydrogens (tertiary/aromatic N) is 1. The Morgan fingerprint density at radius 1 is 1.27 bits per heavy atom. The van der Waals surface area contributed by atoms with Crippen LogP contribution < -0.4 is 0 Å². The Hall–Kier alpha value is 0.310. The molecule has 0 saturated heterocycles. The lowest BCUT2D eigenvalue weighted by molar-refractivity contribution is 0.153. The van der Waals surface area contributed by atoms with Crippen molar-refractivity contribution in [2.45, 2.75) is 53.5 Å². The van der Waals surface area contributed by atoms with E-state index in [0.717, 1.165) is 12.3 Å². The zero-order valence-electron chi connectivity index (χ0n) is 11.4. The number of rotatable bonds is 6. The maximum absolute atomic E-state index is 4.48. The van der Waals surface area contributed by atoms with E-state index in [1.54, 1.807) is 0 Å². The Kier molecular flexibility index (Phi) is 6.94. The summed E-state index contributed by atoms with van der Waals surface area (Å²) < 4.78 is 0. The maximum Gasteiger partial charge on any atom is 0.00639 e. The van der Waals surface area contributed by atoms with Crippen LogP contribution in [0.1, 0.15) is 47.5 Å². The molecular weight excluding hydrogens is 202 g/mol. The van der Waals surface area contributed by atoms with Crippen LogP contribution in [0.25, 0.3) is 0 Å². The van der Waals surface area contributed by atoms with E-state index in [9.17, 15) is 0 Å². The van der Waals surface area contributed by atoms with Crippen molar-refractivity contribution in [3.63, 3.8) is 0 Å². The van der Waals surface area contributed by atoms with Crippen molar-refractivity contribution >= 4 is 12.6 Å². The fourth-order valence-electron chi connectivity index (χ4n) is 1.77. The summed E-state index contributed by atoms with van der Waals surface area (Å²) >= 11 is 4.48. The molecule has 15 heavy (non-hydrogen) atoms. The van der Waals surface area contributed by atoms with Crippen LogP contribution in [0.3, 0.4) is 0 Å². The molecule has 2 atom stereocenters. The second-order valence-corrected chi connectivity index (χ2v) is 6.19. The molecule has 0 spiro atoms. The molecule has 0 rings (SSSR count). The Balaban J connectivity index is 4.18. The van der Waals surface area contributed by atoms with Gasteiger partial charge in [0, 0.05) is 12.6 Å². The smallest absolute Gasteiger partial charge is 0.00639 e. The Bertz CT molecular complexity index is 162. The van der Waals surface area contributed by atoms with Crippen LogP contribution in [-0.4, -0.2) is 30.3 Å². The van der Waals surface area contributed by atoms with Gasteiger partial charge >= 0.3 is 0 Å². The monoisotopic (exact) mass is 231 g/mol. The molecule has 0 aliphatic carbocycles. The van der Waals surface area contributed by atoms with Gasteiger partial charge in [-0.1, -0.05) is 34.1 Å². The number of hydrogen-bond donors (Lipinski definition) is 1. The van der Waals surface area contributed by atoms with Crippen LogP contribution in [0.15, 0.2) is 0 Å². The lowest BCUT2D eigenvalue weighted by Gasteiger charge is -2.35. The third-order valence-corrected chi connectivity index (χ3v) is 3.85. The predicted octanol–water partition coefficient (Wildman–Crippen LogP) is 3.70. The Morgan fingerprint density at radius 2 is 1.80 bits per heavy atom. The molecule has 0 fully saturated rings. The van der Waals surface area contributed by atoms with Crippen molar-refractivity contribution in [1.29, 1.82) is 0 Å². The zero-order chi connectivity index (χ0) is 12.1. The third kappa shape index (κ3) is 5.82. The van der Waals surface area contributed by atoms with Gasteiger partial charge in [0.25, 0.3) is 0 Å². The molecule has 0 aliphatic rings. The second kappa shape index (κ2) is 6.80. The highest BCUT2D eigenvalue weighted by atomic mass is 32.1. The van der Waals surface area contributed by atoms with Crippen LogP contribution in [0.2, 0.25) is 0 Å². The molecule has 0 saturated carbocycles. The highest BCUT2D eigenvalue weighted by Gasteiger charge is 2.25. The van der Waals surface area contributed by atoms with Crippen molar-refractivity contribution in [2.24, 2.45) is 11.3 Å². The third-order valence-electron chi connectivity index (χ3n) is 3.41. The van der Waals surface area contributed by atoms with Crippen molar-refractivity contribution in [1.82, 2.24) is 4.90 Å². The van der Waals surface area contributed by atoms with Gasteiger partial charge in [-0.2, -0.15) is 12.6 Å². The van der Waals surface area contributed by atoms with Crippen molar-refractivity contribution in [3.05, 3.63) is 0 Å². The van der Waals surface area contributed by atoms with Crippen LogP contribution >= 0.6 is 12.6 Å². The van der Waals surface area contributed by atoms with E-state index in [-0.39, 0.29) is 0 Å². The van der Waals surface area contributed by atoms with Crippen molar-refractivity contribution in [3.8, 4) is 0 Å². The lowest BCUT2D eigenvalue weighted by atomic mass is 9.81. The molecule has 0 radical (unpaired) electrons. The van der Waals surface area contributed by atoms with E-state index in [4.69, 9.17) is 0 Å². The Morgan fingerprint density at radius 3 is 2.13 bits per heavy atom. The molecule has 0 bridgehead atoms. The molecule has 0 heterocycles. The zero-order valence-corrected chi connectivity index (χ0v) is 12.3. The van der Waals surface area contributed by atoms with Gasteiger partial charge in [-0.15, -0.1) is 0 Å². The minimum Gasteiger partial charge on any atom is -0.303 e. The molecule has 0 aliphatic heterocycles. The van der Waals surface area contributed by atoms with Crippen molar-refractivity contribution in [2.75, 3.05) is 19.3 Å². The molecule has 2 heteroatoms. The van der Waals surface area contributed by atoms with Crippen molar-refractivity contribution < 1.29 is 0 Å². The van der Waals surface area contributed by atoms with Crippen LogP contribution in [-0.2, 0) is 0 Å². The highest BCUT2D eigenvalue weighted by Crippen LogP contribution is 2.28. The summed E-state index contributed by atoms with van der Waals surface area (Å²) in [5, 5.41) is 0. The van der Waals surface area contributed by atoms with E-state index in [0.29, 0.717) is 17.4 Å². The highest BCUT2D eigenvalue weighted by molar-refractivity contribution is 7.80. The lowest BCUT2D eigenvalue weighted by Crippen LogP contribution is -2.38. The Labute approximate surface area is 102 Å². The average molecular weight is 231 g/mol. The van der Waals surface area contributed by atoms with Gasteiger partial charge in [0.15, 0.2) is 0 Å². The SMILES string of the molecule is CCCC(C)N(C)CC(CS)C(C)(C)C. The molecule has 0 aromatic rings. The summed E-state index contributed by atoms with van der Waals surface area (Å²) in [4.78, 5) is 2.48. The van der Waals surface area contributed by atoms with Gasteiger partial charge in [-0.25, -0.2) is 0 Å². The van der Waals surface area contributed by atoms with Gasteiger partial charge < -0.3 is 4.90 Å². The summed E-state index contributed by atoms with van der Waals surface area (Å²) in [5.74, 6) is 1.65. The molecular formula is C13H29NS. The topological polar surface area (TPSA) is 3.24 Å².